The second kappa shape index (κ2) is 6.61. The lowest BCUT2D eigenvalue weighted by atomic mass is 10.1. The third-order valence-electron chi connectivity index (χ3n) is 2.58. The number of hydrogen-bond donors (Lipinski definition) is 2. The molecule has 1 aromatic rings. The van der Waals surface area contributed by atoms with Gasteiger partial charge < -0.3 is 19.9 Å². The van der Waals surface area contributed by atoms with Crippen LogP contribution in [0.1, 0.15) is 25.8 Å². The van der Waals surface area contributed by atoms with Crippen LogP contribution in [0.2, 0.25) is 0 Å². The maximum absolute atomic E-state index is 9.64. The minimum absolute atomic E-state index is 0.461. The summed E-state index contributed by atoms with van der Waals surface area (Å²) >= 11 is 0. The maximum atomic E-state index is 9.64. The van der Waals surface area contributed by atoms with Gasteiger partial charge in [-0.15, -0.1) is 0 Å². The molecular formula is C14H23NO3. The summed E-state index contributed by atoms with van der Waals surface area (Å²) in [6, 6.07) is 5.85. The first kappa shape index (κ1) is 14.8. The molecule has 0 amide bonds. The number of benzene rings is 1. The van der Waals surface area contributed by atoms with Crippen molar-refractivity contribution in [3.05, 3.63) is 23.8 Å². The Bertz CT molecular complexity index is 372. The summed E-state index contributed by atoms with van der Waals surface area (Å²) in [5, 5.41) is 12.7. The molecule has 0 aliphatic heterocycles. The van der Waals surface area contributed by atoms with Crippen LogP contribution in [0.25, 0.3) is 0 Å². The Kier molecular flexibility index (Phi) is 5.44. The molecule has 2 N–H and O–H groups in total. The van der Waals surface area contributed by atoms with Crippen molar-refractivity contribution in [1.82, 2.24) is 5.32 Å². The van der Waals surface area contributed by atoms with Crippen LogP contribution in [0, 0.1) is 0 Å². The monoisotopic (exact) mass is 253 g/mol. The van der Waals surface area contributed by atoms with E-state index >= 15 is 0 Å². The number of methoxy groups -OCH3 is 1. The van der Waals surface area contributed by atoms with E-state index in [4.69, 9.17) is 9.47 Å². The Balaban J connectivity index is 2.69. The molecule has 18 heavy (non-hydrogen) atoms. The van der Waals surface area contributed by atoms with Crippen molar-refractivity contribution >= 4 is 0 Å². The molecule has 102 valence electrons. The zero-order chi connectivity index (χ0) is 13.6. The summed E-state index contributed by atoms with van der Waals surface area (Å²) in [5.41, 5.74) is 0.423. The number of ether oxygens (including phenoxy) is 2. The molecule has 0 aliphatic carbocycles. The van der Waals surface area contributed by atoms with Gasteiger partial charge in [-0.1, -0.05) is 6.07 Å². The summed E-state index contributed by atoms with van der Waals surface area (Å²) in [6.07, 6.45) is 0.576. The molecule has 0 bridgehead atoms. The molecule has 0 radical (unpaired) electrons. The van der Waals surface area contributed by atoms with Crippen molar-refractivity contribution in [2.45, 2.75) is 32.4 Å². The summed E-state index contributed by atoms with van der Waals surface area (Å²) in [6.45, 7) is 4.78. The molecule has 0 unspecified atom stereocenters. The van der Waals surface area contributed by atoms with Crippen LogP contribution < -0.4 is 14.8 Å². The molecule has 0 spiro atoms. The highest BCUT2D eigenvalue weighted by atomic mass is 16.5. The standard InChI is InChI=1S/C14H23NO3/c1-14(2,16)7-8-18-13-9-11(10-15-3)5-6-12(13)17-4/h5-6,9,15-16H,7-8,10H2,1-4H3. The normalized spacial score (nSPS) is 11.4. The van der Waals surface area contributed by atoms with Crippen molar-refractivity contribution in [1.29, 1.82) is 0 Å². The van der Waals surface area contributed by atoms with Crippen LogP contribution in [-0.2, 0) is 6.54 Å². The molecular weight excluding hydrogens is 230 g/mol. The summed E-state index contributed by atoms with van der Waals surface area (Å²) in [7, 11) is 3.52. The molecule has 1 aromatic carbocycles. The van der Waals surface area contributed by atoms with E-state index in [1.807, 2.05) is 25.2 Å². The van der Waals surface area contributed by atoms with E-state index in [1.165, 1.54) is 0 Å². The minimum atomic E-state index is -0.712. The lowest BCUT2D eigenvalue weighted by Crippen LogP contribution is -2.21. The predicted molar refractivity (Wildman–Crippen MR) is 72.2 cm³/mol. The van der Waals surface area contributed by atoms with Gasteiger partial charge in [0.15, 0.2) is 11.5 Å². The highest BCUT2D eigenvalue weighted by molar-refractivity contribution is 5.42. The van der Waals surface area contributed by atoms with E-state index in [0.29, 0.717) is 18.8 Å². The van der Waals surface area contributed by atoms with E-state index in [9.17, 15) is 5.11 Å². The molecule has 1 rings (SSSR count). The lowest BCUT2D eigenvalue weighted by molar-refractivity contribution is 0.0549. The van der Waals surface area contributed by atoms with Crippen LogP contribution in [0.15, 0.2) is 18.2 Å². The van der Waals surface area contributed by atoms with Crippen molar-refractivity contribution in [3.8, 4) is 11.5 Å². The van der Waals surface area contributed by atoms with E-state index in [1.54, 1.807) is 21.0 Å². The van der Waals surface area contributed by atoms with Gasteiger partial charge in [-0.25, -0.2) is 0 Å². The first-order valence-electron chi connectivity index (χ1n) is 6.13. The Morgan fingerprint density at radius 1 is 1.28 bits per heavy atom. The van der Waals surface area contributed by atoms with Crippen molar-refractivity contribution in [2.24, 2.45) is 0 Å². The molecule has 4 heteroatoms. The van der Waals surface area contributed by atoms with Crippen LogP contribution >= 0.6 is 0 Å². The summed E-state index contributed by atoms with van der Waals surface area (Å²) < 4.78 is 10.9. The van der Waals surface area contributed by atoms with Crippen molar-refractivity contribution in [3.63, 3.8) is 0 Å². The van der Waals surface area contributed by atoms with Gasteiger partial charge in [0.25, 0.3) is 0 Å². The van der Waals surface area contributed by atoms with Gasteiger partial charge in [0.2, 0.25) is 0 Å². The molecule has 0 aromatic heterocycles. The Morgan fingerprint density at radius 3 is 2.56 bits per heavy atom. The van der Waals surface area contributed by atoms with Gasteiger partial charge in [0.05, 0.1) is 19.3 Å². The fourth-order valence-electron chi connectivity index (χ4n) is 1.56. The number of rotatable bonds is 7. The van der Waals surface area contributed by atoms with Crippen LogP contribution in [0.3, 0.4) is 0 Å². The molecule has 0 atom stereocenters. The highest BCUT2D eigenvalue weighted by Crippen LogP contribution is 2.28. The first-order chi connectivity index (χ1) is 8.46. The fourth-order valence-corrected chi connectivity index (χ4v) is 1.56. The average molecular weight is 253 g/mol. The van der Waals surface area contributed by atoms with E-state index in [0.717, 1.165) is 17.9 Å². The maximum Gasteiger partial charge on any atom is 0.161 e. The third-order valence-corrected chi connectivity index (χ3v) is 2.58. The molecule has 0 fully saturated rings. The Labute approximate surface area is 109 Å². The Morgan fingerprint density at radius 2 is 2.00 bits per heavy atom. The fraction of sp³-hybridized carbons (Fsp3) is 0.571. The number of hydrogen-bond acceptors (Lipinski definition) is 4. The predicted octanol–water partition coefficient (Wildman–Crippen LogP) is 1.95. The quantitative estimate of drug-likeness (QED) is 0.780. The second-order valence-electron chi connectivity index (χ2n) is 4.93. The van der Waals surface area contributed by atoms with E-state index in [-0.39, 0.29) is 0 Å². The van der Waals surface area contributed by atoms with Crippen molar-refractivity contribution < 1.29 is 14.6 Å². The van der Waals surface area contributed by atoms with Crippen molar-refractivity contribution in [2.75, 3.05) is 20.8 Å². The van der Waals surface area contributed by atoms with Crippen LogP contribution in [0.5, 0.6) is 11.5 Å². The molecule has 0 aliphatic rings. The molecule has 0 saturated carbocycles. The van der Waals surface area contributed by atoms with Gasteiger partial charge >= 0.3 is 0 Å². The average Bonchev–Trinajstić information content (AvgIpc) is 2.28. The minimum Gasteiger partial charge on any atom is -0.493 e. The topological polar surface area (TPSA) is 50.7 Å². The lowest BCUT2D eigenvalue weighted by Gasteiger charge is -2.18. The number of aliphatic hydroxyl groups is 1. The van der Waals surface area contributed by atoms with Crippen LogP contribution in [-0.4, -0.2) is 31.5 Å². The van der Waals surface area contributed by atoms with Gasteiger partial charge in [0.1, 0.15) is 0 Å². The first-order valence-corrected chi connectivity index (χ1v) is 6.13. The van der Waals surface area contributed by atoms with Gasteiger partial charge in [-0.3, -0.25) is 0 Å². The van der Waals surface area contributed by atoms with E-state index in [2.05, 4.69) is 5.32 Å². The van der Waals surface area contributed by atoms with E-state index < -0.39 is 5.60 Å². The van der Waals surface area contributed by atoms with Gasteiger partial charge in [0, 0.05) is 13.0 Å². The zero-order valence-corrected chi connectivity index (χ0v) is 11.6. The Hall–Kier alpha value is -1.26. The third kappa shape index (κ3) is 4.94. The van der Waals surface area contributed by atoms with Crippen LogP contribution in [0.4, 0.5) is 0 Å². The smallest absolute Gasteiger partial charge is 0.161 e. The van der Waals surface area contributed by atoms with Gasteiger partial charge in [-0.2, -0.15) is 0 Å². The molecule has 0 saturated heterocycles. The number of nitrogens with one attached hydrogen (secondary N) is 1. The second-order valence-corrected chi connectivity index (χ2v) is 4.93. The molecule has 4 nitrogen and oxygen atoms in total. The summed E-state index contributed by atoms with van der Waals surface area (Å²) in [4.78, 5) is 0. The van der Waals surface area contributed by atoms with Gasteiger partial charge in [-0.05, 0) is 38.6 Å². The molecule has 0 heterocycles. The SMILES string of the molecule is CNCc1ccc(OC)c(OCCC(C)(C)O)c1. The largest absolute Gasteiger partial charge is 0.493 e. The summed E-state index contributed by atoms with van der Waals surface area (Å²) in [5.74, 6) is 1.43. The zero-order valence-electron chi connectivity index (χ0n) is 11.6. The highest BCUT2D eigenvalue weighted by Gasteiger charge is 2.13.